The molecule has 0 heterocycles. The standard InChI is InChI=1S/C13H18ClNO2/c1-2-10-5-3-6-12(14)11(10)9-15-8-4-7-13(16)17/h3,5-6,15H,2,4,7-9H2,1H3,(H,16,17). The van der Waals surface area contributed by atoms with Crippen molar-refractivity contribution in [3.8, 4) is 0 Å². The van der Waals surface area contributed by atoms with Gasteiger partial charge in [0.05, 0.1) is 0 Å². The second kappa shape index (κ2) is 7.30. The van der Waals surface area contributed by atoms with Crippen LogP contribution in [0.5, 0.6) is 0 Å². The number of carbonyl (C=O) groups is 1. The lowest BCUT2D eigenvalue weighted by Crippen LogP contribution is -2.17. The quantitative estimate of drug-likeness (QED) is 0.737. The molecule has 1 aromatic carbocycles. The summed E-state index contributed by atoms with van der Waals surface area (Å²) >= 11 is 6.14. The second-order valence-electron chi connectivity index (χ2n) is 3.91. The van der Waals surface area contributed by atoms with Crippen molar-refractivity contribution in [1.29, 1.82) is 0 Å². The van der Waals surface area contributed by atoms with Crippen LogP contribution in [0.2, 0.25) is 5.02 Å². The molecule has 0 unspecified atom stereocenters. The molecule has 2 N–H and O–H groups in total. The minimum Gasteiger partial charge on any atom is -0.481 e. The number of carboxylic acids is 1. The Morgan fingerprint density at radius 1 is 1.47 bits per heavy atom. The molecule has 0 saturated heterocycles. The van der Waals surface area contributed by atoms with E-state index in [2.05, 4.69) is 18.3 Å². The van der Waals surface area contributed by atoms with Crippen LogP contribution < -0.4 is 5.32 Å². The molecule has 0 spiro atoms. The van der Waals surface area contributed by atoms with Crippen molar-refractivity contribution in [3.63, 3.8) is 0 Å². The molecule has 0 saturated carbocycles. The summed E-state index contributed by atoms with van der Waals surface area (Å²) in [6.45, 7) is 3.49. The van der Waals surface area contributed by atoms with Crippen LogP contribution in [-0.2, 0) is 17.8 Å². The monoisotopic (exact) mass is 255 g/mol. The molecule has 3 nitrogen and oxygen atoms in total. The van der Waals surface area contributed by atoms with E-state index in [-0.39, 0.29) is 6.42 Å². The van der Waals surface area contributed by atoms with Crippen LogP contribution in [0.3, 0.4) is 0 Å². The van der Waals surface area contributed by atoms with E-state index in [1.807, 2.05) is 12.1 Å². The molecule has 1 rings (SSSR count). The van der Waals surface area contributed by atoms with Gasteiger partial charge in [-0.05, 0) is 36.6 Å². The largest absolute Gasteiger partial charge is 0.481 e. The maximum absolute atomic E-state index is 10.3. The fourth-order valence-electron chi connectivity index (χ4n) is 1.71. The van der Waals surface area contributed by atoms with Crippen molar-refractivity contribution >= 4 is 17.6 Å². The van der Waals surface area contributed by atoms with Crippen molar-refractivity contribution in [2.75, 3.05) is 6.54 Å². The number of aliphatic carboxylic acids is 1. The van der Waals surface area contributed by atoms with Gasteiger partial charge in [-0.2, -0.15) is 0 Å². The molecule has 0 aliphatic carbocycles. The van der Waals surface area contributed by atoms with E-state index in [9.17, 15) is 4.79 Å². The maximum atomic E-state index is 10.3. The van der Waals surface area contributed by atoms with Crippen LogP contribution in [0.1, 0.15) is 30.9 Å². The van der Waals surface area contributed by atoms with E-state index in [1.54, 1.807) is 0 Å². The maximum Gasteiger partial charge on any atom is 0.303 e. The van der Waals surface area contributed by atoms with Gasteiger partial charge in [-0.15, -0.1) is 0 Å². The highest BCUT2D eigenvalue weighted by Crippen LogP contribution is 2.20. The number of carboxylic acid groups (broad SMARTS) is 1. The van der Waals surface area contributed by atoms with Gasteiger partial charge in [-0.1, -0.05) is 30.7 Å². The van der Waals surface area contributed by atoms with Gasteiger partial charge in [-0.3, -0.25) is 4.79 Å². The Hall–Kier alpha value is -1.06. The highest BCUT2D eigenvalue weighted by molar-refractivity contribution is 6.31. The van der Waals surface area contributed by atoms with Crippen molar-refractivity contribution in [1.82, 2.24) is 5.32 Å². The normalized spacial score (nSPS) is 10.5. The Kier molecular flexibility index (Phi) is 6.01. The minimum atomic E-state index is -0.751. The summed E-state index contributed by atoms with van der Waals surface area (Å²) < 4.78 is 0. The lowest BCUT2D eigenvalue weighted by molar-refractivity contribution is -0.137. The van der Waals surface area contributed by atoms with Gasteiger partial charge >= 0.3 is 5.97 Å². The molecule has 0 bridgehead atoms. The van der Waals surface area contributed by atoms with E-state index < -0.39 is 5.97 Å². The van der Waals surface area contributed by atoms with E-state index in [4.69, 9.17) is 16.7 Å². The molecule has 0 aliphatic heterocycles. The summed E-state index contributed by atoms with van der Waals surface area (Å²) in [5, 5.41) is 12.5. The minimum absolute atomic E-state index is 0.205. The third kappa shape index (κ3) is 4.75. The lowest BCUT2D eigenvalue weighted by atomic mass is 10.1. The molecule has 0 aromatic heterocycles. The molecule has 94 valence electrons. The zero-order valence-electron chi connectivity index (χ0n) is 10.0. The Labute approximate surface area is 107 Å². The van der Waals surface area contributed by atoms with Crippen molar-refractivity contribution in [2.45, 2.75) is 32.7 Å². The Balaban J connectivity index is 2.43. The topological polar surface area (TPSA) is 49.3 Å². The number of hydrogen-bond donors (Lipinski definition) is 2. The number of hydrogen-bond acceptors (Lipinski definition) is 2. The van der Waals surface area contributed by atoms with Crippen LogP contribution >= 0.6 is 11.6 Å². The fourth-order valence-corrected chi connectivity index (χ4v) is 1.97. The summed E-state index contributed by atoms with van der Waals surface area (Å²) in [4.78, 5) is 10.3. The first-order chi connectivity index (χ1) is 8.15. The predicted molar refractivity (Wildman–Crippen MR) is 69.4 cm³/mol. The third-order valence-corrected chi connectivity index (χ3v) is 3.00. The molecule has 4 heteroatoms. The molecule has 0 fully saturated rings. The summed E-state index contributed by atoms with van der Waals surface area (Å²) in [5.41, 5.74) is 2.36. The SMILES string of the molecule is CCc1cccc(Cl)c1CNCCCC(=O)O. The Morgan fingerprint density at radius 2 is 2.24 bits per heavy atom. The summed E-state index contributed by atoms with van der Waals surface area (Å²) in [6.07, 6.45) is 1.80. The van der Waals surface area contributed by atoms with Gasteiger partial charge < -0.3 is 10.4 Å². The first kappa shape index (κ1) is 14.0. The van der Waals surface area contributed by atoms with Crippen LogP contribution in [-0.4, -0.2) is 17.6 Å². The van der Waals surface area contributed by atoms with Crippen LogP contribution in [0, 0.1) is 0 Å². The third-order valence-electron chi connectivity index (χ3n) is 2.64. The van der Waals surface area contributed by atoms with Gasteiger partial charge in [0.2, 0.25) is 0 Å². The fraction of sp³-hybridized carbons (Fsp3) is 0.462. The van der Waals surface area contributed by atoms with Crippen molar-refractivity contribution in [2.24, 2.45) is 0 Å². The van der Waals surface area contributed by atoms with E-state index in [0.717, 1.165) is 17.0 Å². The van der Waals surface area contributed by atoms with Gasteiger partial charge in [0.25, 0.3) is 0 Å². The number of nitrogens with one attached hydrogen (secondary N) is 1. The Bertz CT molecular complexity index is 380. The van der Waals surface area contributed by atoms with Crippen LogP contribution in [0.15, 0.2) is 18.2 Å². The first-order valence-corrected chi connectivity index (χ1v) is 6.21. The average Bonchev–Trinajstić information content (AvgIpc) is 2.30. The molecule has 0 atom stereocenters. The van der Waals surface area contributed by atoms with Crippen LogP contribution in [0.4, 0.5) is 0 Å². The van der Waals surface area contributed by atoms with Gasteiger partial charge in [0.15, 0.2) is 0 Å². The number of halogens is 1. The molecule has 0 radical (unpaired) electrons. The van der Waals surface area contributed by atoms with Gasteiger partial charge in [0.1, 0.15) is 0 Å². The summed E-state index contributed by atoms with van der Waals surface area (Å²) in [5.74, 6) is -0.751. The van der Waals surface area contributed by atoms with E-state index in [0.29, 0.717) is 19.5 Å². The predicted octanol–water partition coefficient (Wildman–Crippen LogP) is 2.86. The van der Waals surface area contributed by atoms with E-state index in [1.165, 1.54) is 5.56 Å². The first-order valence-electron chi connectivity index (χ1n) is 5.84. The number of aryl methyl sites for hydroxylation is 1. The van der Waals surface area contributed by atoms with E-state index >= 15 is 0 Å². The number of rotatable bonds is 7. The summed E-state index contributed by atoms with van der Waals surface area (Å²) in [6, 6.07) is 5.91. The molecule has 17 heavy (non-hydrogen) atoms. The average molecular weight is 256 g/mol. The Morgan fingerprint density at radius 3 is 2.88 bits per heavy atom. The zero-order valence-corrected chi connectivity index (χ0v) is 10.8. The molecule has 0 amide bonds. The van der Waals surface area contributed by atoms with Gasteiger partial charge in [-0.25, -0.2) is 0 Å². The molecule has 0 aliphatic rings. The number of benzene rings is 1. The zero-order chi connectivity index (χ0) is 12.7. The molecule has 1 aromatic rings. The van der Waals surface area contributed by atoms with Crippen LogP contribution in [0.25, 0.3) is 0 Å². The summed E-state index contributed by atoms with van der Waals surface area (Å²) in [7, 11) is 0. The van der Waals surface area contributed by atoms with Gasteiger partial charge in [0, 0.05) is 18.0 Å². The lowest BCUT2D eigenvalue weighted by Gasteiger charge is -2.10. The highest BCUT2D eigenvalue weighted by Gasteiger charge is 2.05. The smallest absolute Gasteiger partial charge is 0.303 e. The van der Waals surface area contributed by atoms with Crippen molar-refractivity contribution in [3.05, 3.63) is 34.3 Å². The van der Waals surface area contributed by atoms with Crippen molar-refractivity contribution < 1.29 is 9.90 Å². The molecular formula is C13H18ClNO2. The highest BCUT2D eigenvalue weighted by atomic mass is 35.5. The second-order valence-corrected chi connectivity index (χ2v) is 4.31. The molecular weight excluding hydrogens is 238 g/mol.